The summed E-state index contributed by atoms with van der Waals surface area (Å²) in [5.74, 6) is -0.237. The second kappa shape index (κ2) is 5.32. The van der Waals surface area contributed by atoms with Gasteiger partial charge in [-0.1, -0.05) is 36.4 Å². The number of rotatable bonds is 2. The average molecular weight is 307 g/mol. The van der Waals surface area contributed by atoms with Crippen molar-refractivity contribution in [1.29, 1.82) is 0 Å². The summed E-state index contributed by atoms with van der Waals surface area (Å²) in [4.78, 5) is 27.4. The van der Waals surface area contributed by atoms with Crippen molar-refractivity contribution in [2.24, 2.45) is 0 Å². The van der Waals surface area contributed by atoms with Crippen molar-refractivity contribution >= 4 is 11.7 Å². The fourth-order valence-corrected chi connectivity index (χ4v) is 3.70. The van der Waals surface area contributed by atoms with Gasteiger partial charge in [-0.15, -0.1) is 0 Å². The van der Waals surface area contributed by atoms with Gasteiger partial charge in [-0.05, 0) is 30.0 Å². The standard InChI is InChI=1S/C19H17NO3/c21-11-12-5-4-10-20(12)19(23)16-9-3-8-14-13-6-1-2-7-15(13)18(22)17(14)16/h1-3,6-9,12,21H,4-5,10-11H2/t12-/m0/s1. The zero-order chi connectivity index (χ0) is 16.0. The highest BCUT2D eigenvalue weighted by molar-refractivity contribution is 6.25. The van der Waals surface area contributed by atoms with Crippen LogP contribution in [0.4, 0.5) is 0 Å². The first-order valence-corrected chi connectivity index (χ1v) is 7.91. The highest BCUT2D eigenvalue weighted by Gasteiger charge is 2.35. The number of aliphatic hydroxyl groups excluding tert-OH is 1. The predicted molar refractivity (Wildman–Crippen MR) is 86.5 cm³/mol. The van der Waals surface area contributed by atoms with Crippen LogP contribution in [0.2, 0.25) is 0 Å². The fraction of sp³-hybridized carbons (Fsp3) is 0.263. The fourth-order valence-electron chi connectivity index (χ4n) is 3.70. The molecular weight excluding hydrogens is 290 g/mol. The van der Waals surface area contributed by atoms with Gasteiger partial charge in [0.2, 0.25) is 0 Å². The van der Waals surface area contributed by atoms with E-state index in [-0.39, 0.29) is 24.3 Å². The highest BCUT2D eigenvalue weighted by Crippen LogP contribution is 2.38. The van der Waals surface area contributed by atoms with Gasteiger partial charge in [0.1, 0.15) is 0 Å². The molecule has 1 atom stereocenters. The van der Waals surface area contributed by atoms with E-state index in [1.807, 2.05) is 30.3 Å². The number of ketones is 1. The molecule has 2 aliphatic rings. The van der Waals surface area contributed by atoms with Gasteiger partial charge in [-0.2, -0.15) is 0 Å². The number of hydrogen-bond donors (Lipinski definition) is 1. The van der Waals surface area contributed by atoms with Crippen molar-refractivity contribution in [1.82, 2.24) is 4.90 Å². The summed E-state index contributed by atoms with van der Waals surface area (Å²) >= 11 is 0. The lowest BCUT2D eigenvalue weighted by molar-refractivity contribution is 0.0674. The maximum Gasteiger partial charge on any atom is 0.254 e. The molecule has 0 unspecified atom stereocenters. The molecule has 0 bridgehead atoms. The van der Waals surface area contributed by atoms with Gasteiger partial charge >= 0.3 is 0 Å². The SMILES string of the molecule is O=C1c2ccccc2-c2cccc(C(=O)N3CCC[C@H]3CO)c21. The molecule has 116 valence electrons. The number of likely N-dealkylation sites (tertiary alicyclic amines) is 1. The van der Waals surface area contributed by atoms with Crippen LogP contribution in [0.3, 0.4) is 0 Å². The van der Waals surface area contributed by atoms with E-state index >= 15 is 0 Å². The molecule has 0 spiro atoms. The number of carbonyl (C=O) groups excluding carboxylic acids is 2. The summed E-state index contributed by atoms with van der Waals surface area (Å²) in [6.07, 6.45) is 1.70. The Morgan fingerprint density at radius 1 is 1.09 bits per heavy atom. The summed E-state index contributed by atoms with van der Waals surface area (Å²) < 4.78 is 0. The number of fused-ring (bicyclic) bond motifs is 3. The van der Waals surface area contributed by atoms with E-state index in [4.69, 9.17) is 0 Å². The van der Waals surface area contributed by atoms with Crippen molar-refractivity contribution < 1.29 is 14.7 Å². The van der Waals surface area contributed by atoms with E-state index in [2.05, 4.69) is 0 Å². The zero-order valence-corrected chi connectivity index (χ0v) is 12.7. The van der Waals surface area contributed by atoms with E-state index in [0.29, 0.717) is 23.2 Å². The smallest absolute Gasteiger partial charge is 0.254 e. The number of carbonyl (C=O) groups is 2. The van der Waals surface area contributed by atoms with Crippen molar-refractivity contribution in [3.05, 3.63) is 59.2 Å². The van der Waals surface area contributed by atoms with Crippen LogP contribution in [-0.2, 0) is 0 Å². The third-order valence-corrected chi connectivity index (χ3v) is 4.83. The minimum absolute atomic E-state index is 0.0328. The van der Waals surface area contributed by atoms with Crippen molar-refractivity contribution in [2.45, 2.75) is 18.9 Å². The first-order valence-electron chi connectivity index (χ1n) is 7.91. The molecule has 2 aromatic carbocycles. The number of nitrogens with zero attached hydrogens (tertiary/aromatic N) is 1. The highest BCUT2D eigenvalue weighted by atomic mass is 16.3. The monoisotopic (exact) mass is 307 g/mol. The zero-order valence-electron chi connectivity index (χ0n) is 12.7. The van der Waals surface area contributed by atoms with Crippen LogP contribution in [0.25, 0.3) is 11.1 Å². The van der Waals surface area contributed by atoms with Crippen molar-refractivity contribution in [3.8, 4) is 11.1 Å². The predicted octanol–water partition coefficient (Wildman–Crippen LogP) is 2.49. The van der Waals surface area contributed by atoms with Crippen molar-refractivity contribution in [2.75, 3.05) is 13.2 Å². The summed E-state index contributed by atoms with van der Waals surface area (Å²) in [5, 5.41) is 9.46. The summed E-state index contributed by atoms with van der Waals surface area (Å²) in [6.45, 7) is 0.601. The third-order valence-electron chi connectivity index (χ3n) is 4.83. The van der Waals surface area contributed by atoms with Crippen LogP contribution < -0.4 is 0 Å². The van der Waals surface area contributed by atoms with E-state index in [0.717, 1.165) is 24.0 Å². The summed E-state index contributed by atoms with van der Waals surface area (Å²) in [5.41, 5.74) is 3.33. The largest absolute Gasteiger partial charge is 0.394 e. The minimum atomic E-state index is -0.153. The van der Waals surface area contributed by atoms with Gasteiger partial charge in [0.25, 0.3) is 5.91 Å². The van der Waals surface area contributed by atoms with E-state index in [1.165, 1.54) is 0 Å². The van der Waals surface area contributed by atoms with Crippen LogP contribution in [0.15, 0.2) is 42.5 Å². The number of amides is 1. The second-order valence-corrected chi connectivity index (χ2v) is 6.08. The van der Waals surface area contributed by atoms with Crippen LogP contribution in [0.5, 0.6) is 0 Å². The van der Waals surface area contributed by atoms with Gasteiger partial charge in [0.15, 0.2) is 5.78 Å². The van der Waals surface area contributed by atoms with Gasteiger partial charge in [0, 0.05) is 17.7 Å². The Kier molecular flexibility index (Phi) is 3.27. The molecule has 0 aromatic heterocycles. The third kappa shape index (κ3) is 2.02. The Balaban J connectivity index is 1.81. The normalized spacial score (nSPS) is 18.9. The van der Waals surface area contributed by atoms with E-state index in [9.17, 15) is 14.7 Å². The first-order chi connectivity index (χ1) is 11.2. The van der Waals surface area contributed by atoms with E-state index < -0.39 is 0 Å². The lowest BCUT2D eigenvalue weighted by atomic mass is 9.99. The minimum Gasteiger partial charge on any atom is -0.394 e. The molecule has 4 rings (SSSR count). The molecule has 0 radical (unpaired) electrons. The number of aliphatic hydroxyl groups is 1. The van der Waals surface area contributed by atoms with Gasteiger partial charge in [0.05, 0.1) is 18.2 Å². The molecule has 1 saturated heterocycles. The van der Waals surface area contributed by atoms with Crippen LogP contribution in [0.1, 0.15) is 39.1 Å². The maximum atomic E-state index is 12.9. The number of hydrogen-bond acceptors (Lipinski definition) is 3. The molecule has 4 heteroatoms. The molecule has 1 amide bonds. The molecule has 0 saturated carbocycles. The average Bonchev–Trinajstić information content (AvgIpc) is 3.18. The Morgan fingerprint density at radius 2 is 1.83 bits per heavy atom. The second-order valence-electron chi connectivity index (χ2n) is 6.08. The molecular formula is C19H17NO3. The van der Waals surface area contributed by atoms with Crippen LogP contribution in [-0.4, -0.2) is 40.9 Å². The lowest BCUT2D eigenvalue weighted by Crippen LogP contribution is -2.38. The first kappa shape index (κ1) is 14.2. The molecule has 1 N–H and O–H groups in total. The maximum absolute atomic E-state index is 12.9. The Labute approximate surface area is 134 Å². The summed E-state index contributed by atoms with van der Waals surface area (Å²) in [6, 6.07) is 12.8. The lowest BCUT2D eigenvalue weighted by Gasteiger charge is -2.24. The number of benzene rings is 2. The molecule has 1 aliphatic heterocycles. The van der Waals surface area contributed by atoms with Gasteiger partial charge < -0.3 is 10.0 Å². The van der Waals surface area contributed by atoms with Crippen molar-refractivity contribution in [3.63, 3.8) is 0 Å². The molecule has 1 fully saturated rings. The van der Waals surface area contributed by atoms with Gasteiger partial charge in [-0.3, -0.25) is 9.59 Å². The quantitative estimate of drug-likeness (QED) is 0.791. The summed E-state index contributed by atoms with van der Waals surface area (Å²) in [7, 11) is 0. The topological polar surface area (TPSA) is 57.6 Å². The Morgan fingerprint density at radius 3 is 2.61 bits per heavy atom. The van der Waals surface area contributed by atoms with Gasteiger partial charge in [-0.25, -0.2) is 0 Å². The van der Waals surface area contributed by atoms with E-state index in [1.54, 1.807) is 17.0 Å². The Hall–Kier alpha value is -2.46. The van der Waals surface area contributed by atoms with Crippen LogP contribution in [0, 0.1) is 0 Å². The molecule has 1 heterocycles. The van der Waals surface area contributed by atoms with Crippen LogP contribution >= 0.6 is 0 Å². The Bertz CT molecular complexity index is 812. The molecule has 4 nitrogen and oxygen atoms in total. The molecule has 2 aromatic rings. The molecule has 1 aliphatic carbocycles. The molecule has 23 heavy (non-hydrogen) atoms.